The van der Waals surface area contributed by atoms with Crippen molar-refractivity contribution < 1.29 is 0 Å². The van der Waals surface area contributed by atoms with Crippen LogP contribution < -0.4 is 5.32 Å². The standard InChI is InChI=1S/C12H24N2S/c1-12(5-6-13-9-12)10-14-7-3-4-11(14)8-15-2/h11,13H,3-10H2,1-2H3. The molecule has 2 heterocycles. The molecule has 2 aliphatic heterocycles. The van der Waals surface area contributed by atoms with E-state index in [9.17, 15) is 0 Å². The molecule has 2 unspecified atom stereocenters. The van der Waals surface area contributed by atoms with Crippen molar-refractivity contribution in [2.45, 2.75) is 32.2 Å². The van der Waals surface area contributed by atoms with Gasteiger partial charge in [0.2, 0.25) is 0 Å². The summed E-state index contributed by atoms with van der Waals surface area (Å²) in [6, 6.07) is 0.859. The molecule has 2 nitrogen and oxygen atoms in total. The minimum Gasteiger partial charge on any atom is -0.316 e. The number of hydrogen-bond acceptors (Lipinski definition) is 3. The predicted octanol–water partition coefficient (Wildman–Crippen LogP) is 1.81. The molecule has 0 amide bonds. The zero-order chi connectivity index (χ0) is 10.7. The van der Waals surface area contributed by atoms with Crippen LogP contribution in [0.1, 0.15) is 26.2 Å². The van der Waals surface area contributed by atoms with Crippen molar-refractivity contribution >= 4 is 11.8 Å². The van der Waals surface area contributed by atoms with Crippen LogP contribution in [-0.2, 0) is 0 Å². The zero-order valence-corrected chi connectivity index (χ0v) is 10.9. The topological polar surface area (TPSA) is 15.3 Å². The summed E-state index contributed by atoms with van der Waals surface area (Å²) >= 11 is 2.00. The Bertz CT molecular complexity index is 202. The molecule has 0 spiro atoms. The van der Waals surface area contributed by atoms with E-state index in [1.807, 2.05) is 11.8 Å². The molecule has 3 heteroatoms. The van der Waals surface area contributed by atoms with E-state index in [-0.39, 0.29) is 0 Å². The van der Waals surface area contributed by atoms with Gasteiger partial charge < -0.3 is 5.32 Å². The lowest BCUT2D eigenvalue weighted by molar-refractivity contribution is 0.174. The van der Waals surface area contributed by atoms with E-state index in [0.717, 1.165) is 6.04 Å². The molecule has 0 aromatic carbocycles. The molecule has 1 N–H and O–H groups in total. The summed E-state index contributed by atoms with van der Waals surface area (Å²) in [5, 5.41) is 3.50. The highest BCUT2D eigenvalue weighted by Gasteiger charge is 2.34. The Morgan fingerprint density at radius 3 is 3.07 bits per heavy atom. The molecule has 88 valence electrons. The smallest absolute Gasteiger partial charge is 0.0186 e. The molecule has 0 saturated carbocycles. The fraction of sp³-hybridized carbons (Fsp3) is 1.00. The third-order valence-electron chi connectivity index (χ3n) is 3.90. The van der Waals surface area contributed by atoms with E-state index in [0.29, 0.717) is 5.41 Å². The van der Waals surface area contributed by atoms with E-state index in [1.54, 1.807) is 0 Å². The van der Waals surface area contributed by atoms with E-state index < -0.39 is 0 Å². The van der Waals surface area contributed by atoms with Crippen LogP contribution >= 0.6 is 11.8 Å². The summed E-state index contributed by atoms with van der Waals surface area (Å²) in [6.07, 6.45) is 6.42. The van der Waals surface area contributed by atoms with E-state index in [1.165, 1.54) is 51.2 Å². The Hall–Kier alpha value is 0.270. The summed E-state index contributed by atoms with van der Waals surface area (Å²) in [4.78, 5) is 2.74. The zero-order valence-electron chi connectivity index (χ0n) is 10.1. The van der Waals surface area contributed by atoms with E-state index >= 15 is 0 Å². The second-order valence-corrected chi connectivity index (χ2v) is 6.37. The van der Waals surface area contributed by atoms with Crippen molar-refractivity contribution in [3.8, 4) is 0 Å². The van der Waals surface area contributed by atoms with Crippen molar-refractivity contribution in [1.82, 2.24) is 10.2 Å². The molecule has 2 fully saturated rings. The van der Waals surface area contributed by atoms with Gasteiger partial charge in [0.15, 0.2) is 0 Å². The first-order valence-electron chi connectivity index (χ1n) is 6.17. The van der Waals surface area contributed by atoms with Crippen LogP contribution in [0.2, 0.25) is 0 Å². The highest BCUT2D eigenvalue weighted by atomic mass is 32.2. The number of hydrogen-bond donors (Lipinski definition) is 1. The highest BCUT2D eigenvalue weighted by Crippen LogP contribution is 2.30. The van der Waals surface area contributed by atoms with Crippen molar-refractivity contribution in [3.05, 3.63) is 0 Å². The lowest BCUT2D eigenvalue weighted by atomic mass is 9.89. The van der Waals surface area contributed by atoms with E-state index in [4.69, 9.17) is 0 Å². The van der Waals surface area contributed by atoms with Gasteiger partial charge in [-0.1, -0.05) is 6.92 Å². The molecule has 2 atom stereocenters. The van der Waals surface area contributed by atoms with Gasteiger partial charge in [-0.15, -0.1) is 0 Å². The maximum Gasteiger partial charge on any atom is 0.0186 e. The minimum atomic E-state index is 0.543. The number of nitrogens with zero attached hydrogens (tertiary/aromatic N) is 1. The number of rotatable bonds is 4. The SMILES string of the molecule is CSCC1CCCN1CC1(C)CCNC1. The highest BCUT2D eigenvalue weighted by molar-refractivity contribution is 7.98. The Balaban J connectivity index is 1.87. The number of thioether (sulfide) groups is 1. The van der Waals surface area contributed by atoms with Crippen molar-refractivity contribution in [3.63, 3.8) is 0 Å². The lowest BCUT2D eigenvalue weighted by Gasteiger charge is -2.32. The number of likely N-dealkylation sites (tertiary alicyclic amines) is 1. The van der Waals surface area contributed by atoms with Crippen LogP contribution in [0.5, 0.6) is 0 Å². The van der Waals surface area contributed by atoms with Gasteiger partial charge in [-0.05, 0) is 44.0 Å². The molecular formula is C12H24N2S. The molecule has 2 rings (SSSR count). The minimum absolute atomic E-state index is 0.543. The Morgan fingerprint density at radius 1 is 1.53 bits per heavy atom. The summed E-state index contributed by atoms with van der Waals surface area (Å²) in [5.41, 5.74) is 0.543. The Kier molecular flexibility index (Phi) is 3.97. The van der Waals surface area contributed by atoms with Crippen LogP contribution in [0.15, 0.2) is 0 Å². The molecule has 2 aliphatic rings. The third-order valence-corrected chi connectivity index (χ3v) is 4.62. The molecule has 0 bridgehead atoms. The van der Waals surface area contributed by atoms with Gasteiger partial charge in [-0.3, -0.25) is 4.90 Å². The van der Waals surface area contributed by atoms with Gasteiger partial charge in [0.25, 0.3) is 0 Å². The van der Waals surface area contributed by atoms with Gasteiger partial charge >= 0.3 is 0 Å². The van der Waals surface area contributed by atoms with Gasteiger partial charge in [-0.25, -0.2) is 0 Å². The van der Waals surface area contributed by atoms with Gasteiger partial charge in [0.05, 0.1) is 0 Å². The first-order chi connectivity index (χ1) is 7.23. The molecular weight excluding hydrogens is 204 g/mol. The number of nitrogens with one attached hydrogen (secondary N) is 1. The van der Waals surface area contributed by atoms with Crippen LogP contribution in [0.25, 0.3) is 0 Å². The summed E-state index contributed by atoms with van der Waals surface area (Å²) in [6.45, 7) is 7.53. The fourth-order valence-corrected chi connectivity index (χ4v) is 3.74. The van der Waals surface area contributed by atoms with Crippen LogP contribution in [-0.4, -0.2) is 49.1 Å². The van der Waals surface area contributed by atoms with Gasteiger partial charge in [0, 0.05) is 24.9 Å². The molecule has 2 saturated heterocycles. The Morgan fingerprint density at radius 2 is 2.40 bits per heavy atom. The van der Waals surface area contributed by atoms with Crippen LogP contribution in [0, 0.1) is 5.41 Å². The molecule has 0 radical (unpaired) electrons. The van der Waals surface area contributed by atoms with Gasteiger partial charge in [-0.2, -0.15) is 11.8 Å². The summed E-state index contributed by atoms with van der Waals surface area (Å²) in [5.74, 6) is 1.32. The molecule has 0 aromatic heterocycles. The van der Waals surface area contributed by atoms with Crippen molar-refractivity contribution in [2.24, 2.45) is 5.41 Å². The predicted molar refractivity (Wildman–Crippen MR) is 68.6 cm³/mol. The van der Waals surface area contributed by atoms with E-state index in [2.05, 4.69) is 23.4 Å². The average molecular weight is 228 g/mol. The quantitative estimate of drug-likeness (QED) is 0.790. The normalized spacial score (nSPS) is 37.6. The third kappa shape index (κ3) is 2.89. The van der Waals surface area contributed by atoms with Crippen LogP contribution in [0.4, 0.5) is 0 Å². The largest absolute Gasteiger partial charge is 0.316 e. The maximum absolute atomic E-state index is 3.50. The average Bonchev–Trinajstić information content (AvgIpc) is 2.78. The molecule has 0 aromatic rings. The monoisotopic (exact) mass is 228 g/mol. The van der Waals surface area contributed by atoms with Crippen molar-refractivity contribution in [2.75, 3.05) is 38.2 Å². The first-order valence-corrected chi connectivity index (χ1v) is 7.57. The summed E-state index contributed by atoms with van der Waals surface area (Å²) in [7, 11) is 0. The second-order valence-electron chi connectivity index (χ2n) is 5.46. The summed E-state index contributed by atoms with van der Waals surface area (Å²) < 4.78 is 0. The van der Waals surface area contributed by atoms with Crippen molar-refractivity contribution in [1.29, 1.82) is 0 Å². The fourth-order valence-electron chi connectivity index (χ4n) is 2.98. The maximum atomic E-state index is 3.50. The second kappa shape index (κ2) is 5.07. The van der Waals surface area contributed by atoms with Gasteiger partial charge in [0.1, 0.15) is 0 Å². The molecule has 15 heavy (non-hydrogen) atoms. The first kappa shape index (κ1) is 11.7. The van der Waals surface area contributed by atoms with Crippen LogP contribution in [0.3, 0.4) is 0 Å². The lowest BCUT2D eigenvalue weighted by Crippen LogP contribution is -2.41. The molecule has 0 aliphatic carbocycles. The Labute approximate surface area is 98.2 Å².